The monoisotopic (exact) mass is 95.0 g/mol. The fraction of sp³-hybridized carbons (Fsp3) is 0.500. The predicted octanol–water partition coefficient (Wildman–Crippen LogP) is 1.06. The highest BCUT2D eigenvalue weighted by Gasteiger charge is 2.16. The smallest absolute Gasteiger partial charge is 0.225 e. The molecular weight excluding hydrogens is 88.1 g/mol. The van der Waals surface area contributed by atoms with Crippen molar-refractivity contribution >= 4 is 6.29 Å². The minimum Gasteiger partial charge on any atom is -0.286 e. The standard InChI is InChI=1S/C6H7O/c7-5-1-2-6-3-4-6/h1-2,6H,3-4H2. The van der Waals surface area contributed by atoms with Crippen molar-refractivity contribution in [3.63, 3.8) is 0 Å². The predicted molar refractivity (Wildman–Crippen MR) is 27.6 cm³/mol. The van der Waals surface area contributed by atoms with Crippen molar-refractivity contribution in [2.75, 3.05) is 0 Å². The minimum absolute atomic E-state index is 0.710. The Hall–Kier alpha value is -0.590. The molecule has 7 heavy (non-hydrogen) atoms. The second-order valence-corrected chi connectivity index (χ2v) is 1.81. The summed E-state index contributed by atoms with van der Waals surface area (Å²) in [6.07, 6.45) is 7.60. The molecular formula is C6H7O. The highest BCUT2D eigenvalue weighted by Crippen LogP contribution is 2.29. The van der Waals surface area contributed by atoms with Gasteiger partial charge in [-0.3, -0.25) is 4.79 Å². The lowest BCUT2D eigenvalue weighted by Crippen LogP contribution is -1.61. The van der Waals surface area contributed by atoms with Gasteiger partial charge in [-0.1, -0.05) is 6.08 Å². The molecule has 0 aromatic rings. The molecule has 0 bridgehead atoms. The van der Waals surface area contributed by atoms with Crippen LogP contribution in [0.4, 0.5) is 0 Å². The van der Waals surface area contributed by atoms with Gasteiger partial charge in [-0.25, -0.2) is 0 Å². The average Bonchev–Trinajstić information content (AvgIpc) is 2.42. The average molecular weight is 95.1 g/mol. The molecule has 1 aliphatic carbocycles. The molecule has 1 rings (SSSR count). The summed E-state index contributed by atoms with van der Waals surface area (Å²) in [5.74, 6) is 0.710. The Morgan fingerprint density at radius 3 is 2.71 bits per heavy atom. The van der Waals surface area contributed by atoms with E-state index in [1.165, 1.54) is 18.9 Å². The Morgan fingerprint density at radius 1 is 1.57 bits per heavy atom. The molecule has 37 valence electrons. The number of hydrogen-bond acceptors (Lipinski definition) is 1. The van der Waals surface area contributed by atoms with E-state index in [4.69, 9.17) is 0 Å². The first kappa shape index (κ1) is 4.57. The van der Waals surface area contributed by atoms with Gasteiger partial charge in [0.25, 0.3) is 0 Å². The topological polar surface area (TPSA) is 17.1 Å². The van der Waals surface area contributed by atoms with Crippen molar-refractivity contribution in [2.45, 2.75) is 12.8 Å². The van der Waals surface area contributed by atoms with Crippen LogP contribution in [-0.2, 0) is 4.79 Å². The van der Waals surface area contributed by atoms with Crippen molar-refractivity contribution in [1.29, 1.82) is 0 Å². The molecule has 0 aromatic carbocycles. The molecule has 0 unspecified atom stereocenters. The third-order valence-corrected chi connectivity index (χ3v) is 1.06. The van der Waals surface area contributed by atoms with Crippen LogP contribution in [-0.4, -0.2) is 6.29 Å². The lowest BCUT2D eigenvalue weighted by Gasteiger charge is -1.68. The number of hydrogen-bond donors (Lipinski definition) is 0. The fourth-order valence-electron chi connectivity index (χ4n) is 0.464. The van der Waals surface area contributed by atoms with E-state index >= 15 is 0 Å². The summed E-state index contributed by atoms with van der Waals surface area (Å²) < 4.78 is 0. The largest absolute Gasteiger partial charge is 0.286 e. The summed E-state index contributed by atoms with van der Waals surface area (Å²) in [6.45, 7) is 0. The van der Waals surface area contributed by atoms with Gasteiger partial charge in [0.2, 0.25) is 6.29 Å². The second-order valence-electron chi connectivity index (χ2n) is 1.81. The Labute approximate surface area is 43.0 Å². The summed E-state index contributed by atoms with van der Waals surface area (Å²) in [7, 11) is 0. The quantitative estimate of drug-likeness (QED) is 0.469. The Bertz CT molecular complexity index is 90.4. The molecule has 0 aliphatic heterocycles. The zero-order chi connectivity index (χ0) is 5.11. The van der Waals surface area contributed by atoms with E-state index in [0.29, 0.717) is 5.92 Å². The molecule has 1 radical (unpaired) electrons. The van der Waals surface area contributed by atoms with E-state index in [1.54, 1.807) is 6.29 Å². The molecule has 0 spiro atoms. The van der Waals surface area contributed by atoms with Crippen LogP contribution >= 0.6 is 0 Å². The van der Waals surface area contributed by atoms with Gasteiger partial charge in [0.1, 0.15) is 0 Å². The van der Waals surface area contributed by atoms with Crippen LogP contribution in [0, 0.1) is 5.92 Å². The number of carbonyl (C=O) groups excluding carboxylic acids is 1. The molecule has 1 heteroatoms. The molecule has 0 atom stereocenters. The minimum atomic E-state index is 0.710. The van der Waals surface area contributed by atoms with Crippen LogP contribution in [0.15, 0.2) is 12.2 Å². The molecule has 1 nitrogen and oxygen atoms in total. The Morgan fingerprint density at radius 2 is 2.29 bits per heavy atom. The molecule has 0 N–H and O–H groups in total. The zero-order valence-corrected chi connectivity index (χ0v) is 4.05. The van der Waals surface area contributed by atoms with Gasteiger partial charge < -0.3 is 0 Å². The molecule has 0 aromatic heterocycles. The van der Waals surface area contributed by atoms with Crippen LogP contribution in [0.3, 0.4) is 0 Å². The van der Waals surface area contributed by atoms with Gasteiger partial charge in [0, 0.05) is 0 Å². The molecule has 0 amide bonds. The third-order valence-electron chi connectivity index (χ3n) is 1.06. The van der Waals surface area contributed by atoms with E-state index in [9.17, 15) is 4.79 Å². The highest BCUT2D eigenvalue weighted by atomic mass is 16.1. The number of rotatable bonds is 2. The first-order valence-corrected chi connectivity index (χ1v) is 2.48. The van der Waals surface area contributed by atoms with Crippen LogP contribution in [0.1, 0.15) is 12.8 Å². The van der Waals surface area contributed by atoms with Crippen molar-refractivity contribution in [2.24, 2.45) is 5.92 Å². The van der Waals surface area contributed by atoms with E-state index in [1.807, 2.05) is 6.08 Å². The Balaban J connectivity index is 2.17. The summed E-state index contributed by atoms with van der Waals surface area (Å²) in [5, 5.41) is 0. The molecule has 0 saturated heterocycles. The number of allylic oxidation sites excluding steroid dienone is 2. The highest BCUT2D eigenvalue weighted by molar-refractivity contribution is 5.65. The van der Waals surface area contributed by atoms with E-state index < -0.39 is 0 Å². The second kappa shape index (κ2) is 1.92. The van der Waals surface area contributed by atoms with Crippen LogP contribution in [0.5, 0.6) is 0 Å². The normalized spacial score (nSPS) is 20.6. The lowest BCUT2D eigenvalue weighted by molar-refractivity contribution is 0.564. The Kier molecular flexibility index (Phi) is 1.25. The molecule has 1 saturated carbocycles. The van der Waals surface area contributed by atoms with E-state index in [-0.39, 0.29) is 0 Å². The zero-order valence-electron chi connectivity index (χ0n) is 4.05. The lowest BCUT2D eigenvalue weighted by atomic mass is 10.4. The van der Waals surface area contributed by atoms with Crippen molar-refractivity contribution < 1.29 is 4.79 Å². The molecule has 1 fully saturated rings. The first-order valence-electron chi connectivity index (χ1n) is 2.48. The van der Waals surface area contributed by atoms with Gasteiger partial charge in [-0.2, -0.15) is 0 Å². The van der Waals surface area contributed by atoms with Crippen molar-refractivity contribution in [3.8, 4) is 0 Å². The van der Waals surface area contributed by atoms with Gasteiger partial charge in [-0.15, -0.1) is 0 Å². The summed E-state index contributed by atoms with van der Waals surface area (Å²) in [4.78, 5) is 9.53. The fourth-order valence-corrected chi connectivity index (χ4v) is 0.464. The maximum absolute atomic E-state index is 9.53. The summed E-state index contributed by atoms with van der Waals surface area (Å²) in [5.41, 5.74) is 0. The van der Waals surface area contributed by atoms with E-state index in [2.05, 4.69) is 0 Å². The van der Waals surface area contributed by atoms with Crippen LogP contribution in [0.25, 0.3) is 0 Å². The maximum atomic E-state index is 9.53. The SMILES string of the molecule is O=[C]C=CC1CC1. The van der Waals surface area contributed by atoms with Gasteiger partial charge >= 0.3 is 0 Å². The van der Waals surface area contributed by atoms with Gasteiger partial charge in [0.15, 0.2) is 0 Å². The van der Waals surface area contributed by atoms with Crippen molar-refractivity contribution in [1.82, 2.24) is 0 Å². The van der Waals surface area contributed by atoms with Gasteiger partial charge in [-0.05, 0) is 24.8 Å². The third kappa shape index (κ3) is 1.53. The van der Waals surface area contributed by atoms with Crippen molar-refractivity contribution in [3.05, 3.63) is 12.2 Å². The summed E-state index contributed by atoms with van der Waals surface area (Å²) in [6, 6.07) is 0. The van der Waals surface area contributed by atoms with E-state index in [0.717, 1.165) is 0 Å². The van der Waals surface area contributed by atoms with Gasteiger partial charge in [0.05, 0.1) is 0 Å². The molecule has 0 heterocycles. The summed E-state index contributed by atoms with van der Waals surface area (Å²) >= 11 is 0. The van der Waals surface area contributed by atoms with Crippen LogP contribution < -0.4 is 0 Å². The molecule has 1 aliphatic rings. The first-order chi connectivity index (χ1) is 3.43. The van der Waals surface area contributed by atoms with Crippen LogP contribution in [0.2, 0.25) is 0 Å². The maximum Gasteiger partial charge on any atom is 0.225 e.